The lowest BCUT2D eigenvalue weighted by Gasteiger charge is -1.95. The molecule has 9 heteroatoms. The molecule has 3 rings (SSSR count). The third-order valence-corrected chi connectivity index (χ3v) is 4.38. The molecule has 0 aliphatic carbocycles. The van der Waals surface area contributed by atoms with E-state index in [1.807, 2.05) is 0 Å². The molecule has 3 aromatic rings. The summed E-state index contributed by atoms with van der Waals surface area (Å²) in [5.41, 5.74) is 1.18. The van der Waals surface area contributed by atoms with Crippen molar-refractivity contribution in [3.05, 3.63) is 53.8 Å². The Morgan fingerprint density at radius 2 is 2.00 bits per heavy atom. The largest absolute Gasteiger partial charge is 0.451 e. The Balaban J connectivity index is 1.81. The van der Waals surface area contributed by atoms with Crippen LogP contribution in [0.1, 0.15) is 11.4 Å². The molecule has 23 heavy (non-hydrogen) atoms. The monoisotopic (exact) mass is 337 g/mol. The lowest BCUT2D eigenvalue weighted by atomic mass is 10.1. The first-order chi connectivity index (χ1) is 11.0. The molecule has 1 N–H and O–H groups in total. The van der Waals surface area contributed by atoms with Gasteiger partial charge in [0.15, 0.2) is 5.82 Å². The molecule has 7 nitrogen and oxygen atoms in total. The molecule has 2 aromatic heterocycles. The second kappa shape index (κ2) is 5.94. The van der Waals surface area contributed by atoms with Crippen molar-refractivity contribution in [1.82, 2.24) is 14.9 Å². The minimum atomic E-state index is -3.67. The molecule has 0 saturated heterocycles. The van der Waals surface area contributed by atoms with Gasteiger partial charge in [-0.25, -0.2) is 17.5 Å². The van der Waals surface area contributed by atoms with Crippen LogP contribution in [-0.2, 0) is 16.4 Å². The molecule has 0 radical (unpaired) electrons. The Bertz CT molecular complexity index is 916. The number of rotatable bonds is 5. The van der Waals surface area contributed by atoms with Crippen molar-refractivity contribution in [2.24, 2.45) is 0 Å². The maximum atomic E-state index is 12.9. The van der Waals surface area contributed by atoms with Gasteiger partial charge in [0, 0.05) is 12.5 Å². The van der Waals surface area contributed by atoms with Gasteiger partial charge in [0.1, 0.15) is 12.1 Å². The second-order valence-electron chi connectivity index (χ2n) is 4.68. The van der Waals surface area contributed by atoms with E-state index in [0.717, 1.165) is 5.56 Å². The molecule has 0 unspecified atom stereocenters. The predicted molar refractivity (Wildman–Crippen MR) is 77.5 cm³/mol. The highest BCUT2D eigenvalue weighted by molar-refractivity contribution is 7.89. The van der Waals surface area contributed by atoms with Crippen molar-refractivity contribution in [3.63, 3.8) is 0 Å². The first-order valence-corrected chi connectivity index (χ1v) is 8.06. The third-order valence-electron chi connectivity index (χ3n) is 3.10. The first-order valence-electron chi connectivity index (χ1n) is 6.57. The number of aromatic nitrogens is 2. The number of hydrogen-bond acceptors (Lipinski definition) is 6. The Hall–Kier alpha value is -2.52. The highest BCUT2D eigenvalue weighted by Crippen LogP contribution is 2.23. The zero-order valence-corrected chi connectivity index (χ0v) is 12.8. The normalized spacial score (nSPS) is 11.7. The minimum absolute atomic E-state index is 0.142. The van der Waals surface area contributed by atoms with Crippen molar-refractivity contribution < 1.29 is 21.7 Å². The van der Waals surface area contributed by atoms with Crippen LogP contribution >= 0.6 is 0 Å². The minimum Gasteiger partial charge on any atom is -0.451 e. The molecule has 0 spiro atoms. The Morgan fingerprint density at radius 3 is 2.70 bits per heavy atom. The predicted octanol–water partition coefficient (Wildman–Crippen LogP) is 1.97. The van der Waals surface area contributed by atoms with Gasteiger partial charge in [0.2, 0.25) is 5.09 Å². The van der Waals surface area contributed by atoms with Gasteiger partial charge in [-0.1, -0.05) is 17.3 Å². The molecule has 0 atom stereocenters. The number of halogens is 1. The van der Waals surface area contributed by atoms with Crippen LogP contribution in [0.4, 0.5) is 4.39 Å². The highest BCUT2D eigenvalue weighted by atomic mass is 32.2. The van der Waals surface area contributed by atoms with Crippen molar-refractivity contribution in [3.8, 4) is 11.5 Å². The summed E-state index contributed by atoms with van der Waals surface area (Å²) in [6, 6.07) is 7.24. The lowest BCUT2D eigenvalue weighted by Crippen LogP contribution is -2.17. The Kier molecular flexibility index (Phi) is 3.97. The molecule has 0 amide bonds. The number of furan rings is 1. The van der Waals surface area contributed by atoms with Crippen LogP contribution < -0.4 is 4.72 Å². The number of nitrogens with zero attached hydrogens (tertiary/aromatic N) is 2. The van der Waals surface area contributed by atoms with E-state index in [4.69, 9.17) is 8.94 Å². The lowest BCUT2D eigenvalue weighted by molar-refractivity contribution is 0.422. The van der Waals surface area contributed by atoms with E-state index in [1.165, 1.54) is 31.5 Å². The van der Waals surface area contributed by atoms with Crippen molar-refractivity contribution in [2.75, 3.05) is 7.05 Å². The van der Waals surface area contributed by atoms with Crippen LogP contribution in [0.2, 0.25) is 0 Å². The molecule has 120 valence electrons. The fourth-order valence-corrected chi connectivity index (χ4v) is 2.56. The van der Waals surface area contributed by atoms with Crippen molar-refractivity contribution in [1.29, 1.82) is 0 Å². The quantitative estimate of drug-likeness (QED) is 0.764. The molecule has 0 fully saturated rings. The van der Waals surface area contributed by atoms with Gasteiger partial charge in [0.05, 0.1) is 5.56 Å². The van der Waals surface area contributed by atoms with Crippen molar-refractivity contribution in [2.45, 2.75) is 11.5 Å². The van der Waals surface area contributed by atoms with Gasteiger partial charge in [-0.2, -0.15) is 4.98 Å². The molecular formula is C14H12FN3O4S. The molecule has 0 aliphatic heterocycles. The number of benzene rings is 1. The average Bonchev–Trinajstić information content (AvgIpc) is 3.19. The SMILES string of the molecule is CNS(=O)(=O)c1cc(-c2nc(Cc3ccc(F)cc3)no2)co1. The van der Waals surface area contributed by atoms with Gasteiger partial charge in [-0.05, 0) is 24.7 Å². The summed E-state index contributed by atoms with van der Waals surface area (Å²) < 4.78 is 48.3. The summed E-state index contributed by atoms with van der Waals surface area (Å²) in [5.74, 6) is 0.216. The van der Waals surface area contributed by atoms with Crippen LogP contribution in [-0.4, -0.2) is 25.6 Å². The van der Waals surface area contributed by atoms with Crippen LogP contribution in [0.25, 0.3) is 11.5 Å². The zero-order valence-electron chi connectivity index (χ0n) is 12.0. The fraction of sp³-hybridized carbons (Fsp3) is 0.143. The molecule has 1 aromatic carbocycles. The summed E-state index contributed by atoms with van der Waals surface area (Å²) in [4.78, 5) is 4.17. The standard InChI is InChI=1S/C14H12FN3O4S/c1-16-23(19,20)13-7-10(8-21-13)14-17-12(18-22-14)6-9-2-4-11(15)5-3-9/h2-5,7-8,16H,6H2,1H3. The molecule has 0 saturated carbocycles. The van der Waals surface area contributed by atoms with E-state index < -0.39 is 10.0 Å². The molecule has 0 bridgehead atoms. The summed E-state index contributed by atoms with van der Waals surface area (Å²) in [6.07, 6.45) is 1.59. The van der Waals surface area contributed by atoms with E-state index in [-0.39, 0.29) is 16.8 Å². The smallest absolute Gasteiger partial charge is 0.273 e. The van der Waals surface area contributed by atoms with Crippen LogP contribution in [0.5, 0.6) is 0 Å². The summed E-state index contributed by atoms with van der Waals surface area (Å²) in [5, 5.41) is 3.57. The van der Waals surface area contributed by atoms with Crippen LogP contribution in [0, 0.1) is 5.82 Å². The van der Waals surface area contributed by atoms with Crippen LogP contribution in [0.3, 0.4) is 0 Å². The number of sulfonamides is 1. The Labute approximate surface area is 131 Å². The van der Waals surface area contributed by atoms with Crippen molar-refractivity contribution >= 4 is 10.0 Å². The third kappa shape index (κ3) is 3.30. The van der Waals surface area contributed by atoms with Gasteiger partial charge < -0.3 is 8.94 Å². The van der Waals surface area contributed by atoms with Gasteiger partial charge >= 0.3 is 0 Å². The maximum absolute atomic E-state index is 12.9. The van der Waals surface area contributed by atoms with E-state index >= 15 is 0 Å². The van der Waals surface area contributed by atoms with E-state index in [1.54, 1.807) is 12.1 Å². The molecular weight excluding hydrogens is 325 g/mol. The van der Waals surface area contributed by atoms with E-state index in [9.17, 15) is 12.8 Å². The molecule has 2 heterocycles. The average molecular weight is 337 g/mol. The van der Waals surface area contributed by atoms with E-state index in [0.29, 0.717) is 17.8 Å². The Morgan fingerprint density at radius 1 is 1.26 bits per heavy atom. The fourth-order valence-electron chi connectivity index (χ4n) is 1.90. The van der Waals surface area contributed by atoms with Crippen LogP contribution in [0.15, 0.2) is 50.6 Å². The van der Waals surface area contributed by atoms with Gasteiger partial charge in [-0.15, -0.1) is 0 Å². The number of nitrogens with one attached hydrogen (secondary N) is 1. The topological polar surface area (TPSA) is 98.2 Å². The second-order valence-corrected chi connectivity index (χ2v) is 6.50. The maximum Gasteiger partial charge on any atom is 0.273 e. The summed E-state index contributed by atoms with van der Waals surface area (Å²) >= 11 is 0. The zero-order chi connectivity index (χ0) is 16.4. The summed E-state index contributed by atoms with van der Waals surface area (Å²) in [6.45, 7) is 0. The van der Waals surface area contributed by atoms with Gasteiger partial charge in [0.25, 0.3) is 15.9 Å². The highest BCUT2D eigenvalue weighted by Gasteiger charge is 2.19. The molecule has 0 aliphatic rings. The summed E-state index contributed by atoms with van der Waals surface area (Å²) in [7, 11) is -2.39. The van der Waals surface area contributed by atoms with Gasteiger partial charge in [-0.3, -0.25) is 0 Å². The number of hydrogen-bond donors (Lipinski definition) is 1. The first kappa shape index (κ1) is 15.4. The van der Waals surface area contributed by atoms with E-state index in [2.05, 4.69) is 14.9 Å².